The maximum atomic E-state index is 13.7. The molecule has 4 aliphatic rings. The van der Waals surface area contributed by atoms with Crippen LogP contribution in [-0.4, -0.2) is 44.5 Å². The lowest BCUT2D eigenvalue weighted by molar-refractivity contribution is 0.0367. The van der Waals surface area contributed by atoms with Crippen molar-refractivity contribution in [1.82, 2.24) is 19.4 Å². The molecular weight excluding hydrogens is 400 g/mol. The largest absolute Gasteiger partial charge is 0.496 e. The monoisotopic (exact) mass is 432 g/mol. The lowest BCUT2D eigenvalue weighted by atomic mass is 9.86. The molecule has 5 rings (SSSR count). The molecule has 1 aromatic carbocycles. The zero-order valence-corrected chi connectivity index (χ0v) is 19.1. The number of methoxy groups -OCH3 is 1. The molecule has 168 valence electrons. The fourth-order valence-corrected chi connectivity index (χ4v) is 5.26. The summed E-state index contributed by atoms with van der Waals surface area (Å²) in [4.78, 5) is 24.6. The molecule has 1 amide bonds. The topological polar surface area (TPSA) is 60.2 Å². The van der Waals surface area contributed by atoms with E-state index in [1.165, 1.54) is 25.7 Å². The van der Waals surface area contributed by atoms with Crippen molar-refractivity contribution >= 4 is 5.91 Å². The Labute approximate surface area is 190 Å². The van der Waals surface area contributed by atoms with Crippen LogP contribution in [0.2, 0.25) is 0 Å². The number of imidazole rings is 1. The van der Waals surface area contributed by atoms with Crippen LogP contribution in [0.4, 0.5) is 0 Å². The Bertz CT molecular complexity index is 1070. The van der Waals surface area contributed by atoms with Gasteiger partial charge in [-0.2, -0.15) is 0 Å². The van der Waals surface area contributed by atoms with E-state index in [9.17, 15) is 4.79 Å². The quantitative estimate of drug-likeness (QED) is 0.545. The van der Waals surface area contributed by atoms with E-state index in [1.54, 1.807) is 13.4 Å². The average molecular weight is 433 g/mol. The number of rotatable bonds is 6. The molecule has 0 atom stereocenters. The molecule has 6 heteroatoms. The molecule has 0 aromatic heterocycles. The van der Waals surface area contributed by atoms with E-state index in [-0.39, 0.29) is 5.91 Å². The van der Waals surface area contributed by atoms with Crippen LogP contribution in [-0.2, 0) is 6.54 Å². The van der Waals surface area contributed by atoms with Gasteiger partial charge in [0.2, 0.25) is 0 Å². The Morgan fingerprint density at radius 2 is 1.81 bits per heavy atom. The fourth-order valence-electron chi connectivity index (χ4n) is 5.26. The number of aromatic nitrogens is 3. The minimum absolute atomic E-state index is 0.141. The van der Waals surface area contributed by atoms with Crippen molar-refractivity contribution in [3.63, 3.8) is 0 Å². The summed E-state index contributed by atoms with van der Waals surface area (Å²) in [5.74, 6) is 0.808. The molecule has 2 aliphatic carbocycles. The van der Waals surface area contributed by atoms with Crippen molar-refractivity contribution in [2.45, 2.75) is 76.9 Å². The number of amides is 1. The van der Waals surface area contributed by atoms with Gasteiger partial charge in [0.25, 0.3) is 5.91 Å². The number of carbonyl (C=O) groups is 1. The van der Waals surface area contributed by atoms with Crippen LogP contribution in [0.25, 0.3) is 11.4 Å². The highest BCUT2D eigenvalue weighted by molar-refractivity contribution is 5.97. The predicted octanol–water partition coefficient (Wildman–Crippen LogP) is 5.08. The van der Waals surface area contributed by atoms with E-state index in [0.717, 1.165) is 48.3 Å². The SMILES string of the molecule is COc1cc(Cn2ccc3ncnc-3c2C)ccc1C(=O)N(C1CCCCC1)C1CCC1. The van der Waals surface area contributed by atoms with Crippen LogP contribution in [0.3, 0.4) is 0 Å². The molecule has 2 fully saturated rings. The summed E-state index contributed by atoms with van der Waals surface area (Å²) in [6, 6.07) is 8.79. The second-order valence-corrected chi connectivity index (χ2v) is 9.26. The molecule has 2 saturated carbocycles. The smallest absolute Gasteiger partial charge is 0.258 e. The van der Waals surface area contributed by atoms with Crippen molar-refractivity contribution in [2.24, 2.45) is 0 Å². The van der Waals surface area contributed by atoms with Crippen LogP contribution in [0.15, 0.2) is 36.8 Å². The predicted molar refractivity (Wildman–Crippen MR) is 124 cm³/mol. The lowest BCUT2D eigenvalue weighted by Gasteiger charge is -2.44. The van der Waals surface area contributed by atoms with E-state index >= 15 is 0 Å². The number of carbonyl (C=O) groups excluding carboxylic acids is 1. The highest BCUT2D eigenvalue weighted by Crippen LogP contribution is 2.35. The molecule has 0 bridgehead atoms. The lowest BCUT2D eigenvalue weighted by Crippen LogP contribution is -2.50. The van der Waals surface area contributed by atoms with Crippen molar-refractivity contribution in [3.8, 4) is 17.1 Å². The molecule has 0 radical (unpaired) electrons. The first-order valence-corrected chi connectivity index (χ1v) is 11.9. The molecular formula is C26H32N4O2. The van der Waals surface area contributed by atoms with E-state index in [4.69, 9.17) is 4.74 Å². The van der Waals surface area contributed by atoms with Crippen molar-refractivity contribution in [1.29, 1.82) is 0 Å². The van der Waals surface area contributed by atoms with Crippen LogP contribution in [0.5, 0.6) is 5.75 Å². The molecule has 0 unspecified atom stereocenters. The minimum Gasteiger partial charge on any atom is -0.496 e. The Morgan fingerprint density at radius 3 is 2.50 bits per heavy atom. The highest BCUT2D eigenvalue weighted by atomic mass is 16.5. The van der Waals surface area contributed by atoms with Gasteiger partial charge in [-0.15, -0.1) is 0 Å². The van der Waals surface area contributed by atoms with Gasteiger partial charge in [0, 0.05) is 30.5 Å². The first kappa shape index (κ1) is 21.0. The summed E-state index contributed by atoms with van der Waals surface area (Å²) < 4.78 is 7.89. The van der Waals surface area contributed by atoms with Crippen LogP contribution in [0, 0.1) is 6.92 Å². The van der Waals surface area contributed by atoms with Gasteiger partial charge in [-0.3, -0.25) is 4.79 Å². The van der Waals surface area contributed by atoms with Crippen molar-refractivity contribution in [3.05, 3.63) is 53.6 Å². The third-order valence-electron chi connectivity index (χ3n) is 7.33. The molecule has 32 heavy (non-hydrogen) atoms. The average Bonchev–Trinajstić information content (AvgIpc) is 3.28. The van der Waals surface area contributed by atoms with Gasteiger partial charge < -0.3 is 14.2 Å². The van der Waals surface area contributed by atoms with Crippen LogP contribution >= 0.6 is 0 Å². The second kappa shape index (κ2) is 8.93. The van der Waals surface area contributed by atoms with E-state index in [0.29, 0.717) is 29.9 Å². The normalized spacial score (nSPS) is 17.3. The number of nitrogens with zero attached hydrogens (tertiary/aromatic N) is 4. The van der Waals surface area contributed by atoms with Crippen LogP contribution in [0.1, 0.15) is 73.0 Å². The molecule has 0 spiro atoms. The van der Waals surface area contributed by atoms with Gasteiger partial charge in [-0.05, 0) is 62.8 Å². The maximum Gasteiger partial charge on any atom is 0.258 e. The second-order valence-electron chi connectivity index (χ2n) is 9.26. The first-order valence-electron chi connectivity index (χ1n) is 11.9. The highest BCUT2D eigenvalue weighted by Gasteiger charge is 2.36. The van der Waals surface area contributed by atoms with Crippen molar-refractivity contribution < 1.29 is 9.53 Å². The standard InChI is InChI=1S/C26H32N4O2/c1-18-25-23(27-17-28-25)13-14-29(18)16-19-11-12-22(24(15-19)32-2)26(31)30(21-9-6-10-21)20-7-4-3-5-8-20/h11-15,17,20-21H,3-10,16H2,1-2H3. The molecule has 0 saturated heterocycles. The van der Waals surface area contributed by atoms with Crippen molar-refractivity contribution in [2.75, 3.05) is 7.11 Å². The van der Waals surface area contributed by atoms with Gasteiger partial charge >= 0.3 is 0 Å². The van der Waals surface area contributed by atoms with Crippen LogP contribution < -0.4 is 4.74 Å². The van der Waals surface area contributed by atoms with Gasteiger partial charge in [0.05, 0.1) is 18.4 Å². The number of ether oxygens (including phenoxy) is 1. The third kappa shape index (κ3) is 3.87. The molecule has 2 aliphatic heterocycles. The number of fused-ring (bicyclic) bond motifs is 1. The number of hydrogen-bond acceptors (Lipinski definition) is 4. The Morgan fingerprint density at radius 1 is 1.06 bits per heavy atom. The number of hydrogen-bond donors (Lipinski definition) is 0. The summed E-state index contributed by atoms with van der Waals surface area (Å²) in [6.07, 6.45) is 13.1. The summed E-state index contributed by atoms with van der Waals surface area (Å²) in [5.41, 5.74) is 4.70. The summed E-state index contributed by atoms with van der Waals surface area (Å²) in [7, 11) is 1.66. The summed E-state index contributed by atoms with van der Waals surface area (Å²) in [5, 5.41) is 0. The molecule has 6 nitrogen and oxygen atoms in total. The molecule has 2 heterocycles. The van der Waals surface area contributed by atoms with Gasteiger partial charge in [0.1, 0.15) is 17.8 Å². The van der Waals surface area contributed by atoms with E-state index in [2.05, 4.69) is 32.4 Å². The number of benzene rings is 1. The summed E-state index contributed by atoms with van der Waals surface area (Å²) in [6.45, 7) is 2.75. The summed E-state index contributed by atoms with van der Waals surface area (Å²) >= 11 is 0. The van der Waals surface area contributed by atoms with E-state index in [1.807, 2.05) is 24.4 Å². The van der Waals surface area contributed by atoms with E-state index < -0.39 is 0 Å². The van der Waals surface area contributed by atoms with Gasteiger partial charge in [0.15, 0.2) is 0 Å². The Kier molecular flexibility index (Phi) is 5.85. The Hall–Kier alpha value is -2.89. The zero-order valence-electron chi connectivity index (χ0n) is 19.1. The Balaban J connectivity index is 1.41. The maximum absolute atomic E-state index is 13.7. The number of pyridine rings is 1. The minimum atomic E-state index is 0.141. The third-order valence-corrected chi connectivity index (χ3v) is 7.33. The molecule has 1 aromatic rings. The molecule has 0 N–H and O–H groups in total. The van der Waals surface area contributed by atoms with Gasteiger partial charge in [-0.25, -0.2) is 9.97 Å². The fraction of sp³-hybridized carbons (Fsp3) is 0.500. The van der Waals surface area contributed by atoms with Gasteiger partial charge in [-0.1, -0.05) is 25.3 Å². The first-order chi connectivity index (χ1) is 15.7. The zero-order chi connectivity index (χ0) is 22.1.